The third-order valence-corrected chi connectivity index (χ3v) is 2.76. The molecule has 2 atom stereocenters. The second-order valence-corrected chi connectivity index (χ2v) is 4.08. The van der Waals surface area contributed by atoms with Crippen molar-refractivity contribution in [3.8, 4) is 0 Å². The first kappa shape index (κ1) is 12.9. The molecule has 5 nitrogen and oxygen atoms in total. The molecule has 0 saturated carbocycles. The number of rotatable bonds is 2. The number of nitrogens with zero attached hydrogens (tertiary/aromatic N) is 2. The van der Waals surface area contributed by atoms with Crippen LogP contribution in [0.4, 0.5) is 0 Å². The third kappa shape index (κ3) is 3.16. The van der Waals surface area contributed by atoms with Gasteiger partial charge in [0.2, 0.25) is 0 Å². The largest absolute Gasteiger partial charge is 1.00 e. The Morgan fingerprint density at radius 2 is 2.40 bits per heavy atom. The predicted molar refractivity (Wildman–Crippen MR) is 48.3 cm³/mol. The molecule has 0 spiro atoms. The average molecular weight is 222 g/mol. The van der Waals surface area contributed by atoms with Gasteiger partial charge < -0.3 is 9.29 Å². The van der Waals surface area contributed by atoms with Crippen molar-refractivity contribution in [3.63, 3.8) is 0 Å². The van der Waals surface area contributed by atoms with E-state index in [1.54, 1.807) is 10.9 Å². The molecular weight excluding hydrogens is 211 g/mol. The van der Waals surface area contributed by atoms with Gasteiger partial charge in [-0.05, 0) is 36.4 Å². The van der Waals surface area contributed by atoms with Crippen LogP contribution in [-0.2, 0) is 15.8 Å². The van der Waals surface area contributed by atoms with Gasteiger partial charge in [0.05, 0.1) is 0 Å². The van der Waals surface area contributed by atoms with Gasteiger partial charge in [-0.1, -0.05) is 0 Å². The third-order valence-electron chi connectivity index (χ3n) is 2.21. The second-order valence-electron chi connectivity index (χ2n) is 3.19. The quantitative estimate of drug-likeness (QED) is 0.421. The fourth-order valence-electron chi connectivity index (χ4n) is 1.50. The Labute approximate surface area is 103 Å². The van der Waals surface area contributed by atoms with E-state index in [4.69, 9.17) is 4.74 Å². The van der Waals surface area contributed by atoms with Gasteiger partial charge >= 0.3 is 18.9 Å². The summed E-state index contributed by atoms with van der Waals surface area (Å²) in [6.07, 6.45) is 4.60. The van der Waals surface area contributed by atoms with Gasteiger partial charge in [0.15, 0.2) is 0 Å². The van der Waals surface area contributed by atoms with Gasteiger partial charge in [-0.15, -0.1) is 0 Å². The molecule has 2 heterocycles. The first-order valence-corrected chi connectivity index (χ1v) is 5.61. The molecule has 2 unspecified atom stereocenters. The summed E-state index contributed by atoms with van der Waals surface area (Å²) >= 11 is -2.25. The first-order chi connectivity index (χ1) is 6.77. The molecule has 0 amide bonds. The summed E-state index contributed by atoms with van der Waals surface area (Å²) in [5, 5.41) is 3.98. The summed E-state index contributed by atoms with van der Waals surface area (Å²) in [5.74, 6) is 0. The van der Waals surface area contributed by atoms with Gasteiger partial charge in [0.25, 0.3) is 0 Å². The molecule has 1 saturated heterocycles. The van der Waals surface area contributed by atoms with Crippen LogP contribution >= 0.6 is 0 Å². The van der Waals surface area contributed by atoms with Gasteiger partial charge in [-0.3, -0.25) is 4.21 Å². The molecule has 1 aromatic heterocycles. The van der Waals surface area contributed by atoms with E-state index in [1.807, 2.05) is 0 Å². The monoisotopic (exact) mass is 222 g/mol. The van der Waals surface area contributed by atoms with Gasteiger partial charge in [0.1, 0.15) is 11.3 Å². The van der Waals surface area contributed by atoms with Crippen molar-refractivity contribution in [3.05, 3.63) is 12.3 Å². The number of hydrogen-bond acceptors (Lipinski definition) is 4. The zero-order chi connectivity index (χ0) is 9.97. The van der Waals surface area contributed by atoms with Crippen LogP contribution < -0.4 is 18.9 Å². The maximum Gasteiger partial charge on any atom is 1.00 e. The Kier molecular flexibility index (Phi) is 5.03. The maximum absolute atomic E-state index is 10.6. The predicted octanol–water partition coefficient (Wildman–Crippen LogP) is -2.18. The maximum atomic E-state index is 10.6. The number of aromatic nitrogens is 2. The molecule has 0 radical (unpaired) electrons. The summed E-state index contributed by atoms with van der Waals surface area (Å²) in [6, 6.07) is 1.47. The van der Waals surface area contributed by atoms with E-state index >= 15 is 0 Å². The Bertz CT molecular complexity index is 338. The normalized spacial score (nSPS) is 23.1. The molecule has 78 valence electrons. The molecule has 2 rings (SSSR count). The van der Waals surface area contributed by atoms with Crippen LogP contribution in [0, 0.1) is 0 Å². The molecule has 1 aliphatic rings. The van der Waals surface area contributed by atoms with E-state index < -0.39 is 11.1 Å². The minimum absolute atomic E-state index is 0. The molecule has 1 aliphatic heterocycles. The molecule has 15 heavy (non-hydrogen) atoms. The van der Waals surface area contributed by atoms with E-state index in [9.17, 15) is 8.76 Å². The van der Waals surface area contributed by atoms with E-state index in [2.05, 4.69) is 5.10 Å². The number of hydrogen-bond donors (Lipinski definition) is 0. The average Bonchev–Trinajstić information content (AvgIpc) is 2.68. The molecule has 0 aromatic carbocycles. The molecule has 0 N–H and O–H groups in total. The summed E-state index contributed by atoms with van der Waals surface area (Å²) in [5.41, 5.74) is 0. The first-order valence-electron chi connectivity index (χ1n) is 4.53. The van der Waals surface area contributed by atoms with Crippen LogP contribution in [-0.4, -0.2) is 25.1 Å². The van der Waals surface area contributed by atoms with Crippen molar-refractivity contribution in [1.82, 2.24) is 9.78 Å². The summed E-state index contributed by atoms with van der Waals surface area (Å²) in [4.78, 5) is 0. The van der Waals surface area contributed by atoms with Gasteiger partial charge in [-0.25, -0.2) is 4.68 Å². The molecule has 7 heteroatoms. The summed E-state index contributed by atoms with van der Waals surface area (Å²) < 4.78 is 28.2. The molecule has 0 bridgehead atoms. The van der Waals surface area contributed by atoms with Crippen molar-refractivity contribution in [2.24, 2.45) is 0 Å². The Morgan fingerprint density at radius 1 is 1.60 bits per heavy atom. The summed E-state index contributed by atoms with van der Waals surface area (Å²) in [6.45, 7) is 0.723. The molecule has 1 fully saturated rings. The van der Waals surface area contributed by atoms with Crippen LogP contribution in [0.15, 0.2) is 17.3 Å². The number of ether oxygens (including phenoxy) is 1. The smallest absolute Gasteiger partial charge is 0.767 e. The Morgan fingerprint density at radius 3 is 2.93 bits per heavy atom. The topological polar surface area (TPSA) is 67.2 Å². The van der Waals surface area contributed by atoms with Crippen LogP contribution in [0.3, 0.4) is 0 Å². The summed E-state index contributed by atoms with van der Waals surface area (Å²) in [7, 11) is 0. The molecule has 0 aliphatic carbocycles. The van der Waals surface area contributed by atoms with Crippen molar-refractivity contribution < 1.29 is 32.4 Å². The van der Waals surface area contributed by atoms with Crippen LogP contribution in [0.5, 0.6) is 0 Å². The van der Waals surface area contributed by atoms with Crippen LogP contribution in [0.1, 0.15) is 25.5 Å². The molecular formula is C8H11LiN2O3S. The van der Waals surface area contributed by atoms with E-state index in [0.717, 1.165) is 25.9 Å². The SMILES string of the molecule is O=S([O-])c1ccn(C2CCCCO2)n1.[Li+]. The minimum atomic E-state index is -2.25. The fourth-order valence-corrected chi connectivity index (χ4v) is 1.84. The minimum Gasteiger partial charge on any atom is -0.767 e. The van der Waals surface area contributed by atoms with E-state index in [0.29, 0.717) is 0 Å². The van der Waals surface area contributed by atoms with Crippen molar-refractivity contribution >= 4 is 11.1 Å². The Balaban J connectivity index is 0.00000112. The zero-order valence-electron chi connectivity index (χ0n) is 8.59. The van der Waals surface area contributed by atoms with E-state index in [1.165, 1.54) is 6.07 Å². The van der Waals surface area contributed by atoms with Crippen molar-refractivity contribution in [2.75, 3.05) is 6.61 Å². The zero-order valence-corrected chi connectivity index (χ0v) is 9.40. The Hall–Kier alpha value is -0.123. The standard InChI is InChI=1S/C8H12N2O3S.Li/c11-14(12)7-4-5-10(9-7)8-3-1-2-6-13-8;/h4-5,8H,1-3,6H2,(H,11,12);/q;+1/p-1. The second kappa shape index (κ2) is 5.82. The van der Waals surface area contributed by atoms with Crippen LogP contribution in [0.2, 0.25) is 0 Å². The van der Waals surface area contributed by atoms with Gasteiger partial charge in [-0.2, -0.15) is 5.10 Å². The van der Waals surface area contributed by atoms with E-state index in [-0.39, 0.29) is 30.1 Å². The van der Waals surface area contributed by atoms with Crippen molar-refractivity contribution in [2.45, 2.75) is 30.5 Å². The molecule has 1 aromatic rings. The van der Waals surface area contributed by atoms with Crippen LogP contribution in [0.25, 0.3) is 0 Å². The van der Waals surface area contributed by atoms with Gasteiger partial charge in [0, 0.05) is 12.8 Å². The fraction of sp³-hybridized carbons (Fsp3) is 0.625. The van der Waals surface area contributed by atoms with Crippen molar-refractivity contribution in [1.29, 1.82) is 0 Å².